The minimum atomic E-state index is -1.61. The lowest BCUT2D eigenvalue weighted by Crippen LogP contribution is -2.53. The van der Waals surface area contributed by atoms with E-state index in [-0.39, 0.29) is 11.6 Å². The molecule has 0 spiro atoms. The molecule has 0 aromatic heterocycles. The lowest BCUT2D eigenvalue weighted by atomic mass is 9.84. The van der Waals surface area contributed by atoms with Crippen LogP contribution in [-0.2, 0) is 5.67 Å². The molecule has 0 bridgehead atoms. The third-order valence-electron chi connectivity index (χ3n) is 2.88. The van der Waals surface area contributed by atoms with Crippen molar-refractivity contribution in [3.8, 4) is 0 Å². The number of halogens is 2. The van der Waals surface area contributed by atoms with E-state index in [2.05, 4.69) is 5.32 Å². The fraction of sp³-hybridized carbons (Fsp3) is 0.455. The molecule has 1 fully saturated rings. The highest BCUT2D eigenvalue weighted by atomic mass is 19.1. The van der Waals surface area contributed by atoms with Crippen molar-refractivity contribution in [3.63, 3.8) is 0 Å². The third-order valence-corrected chi connectivity index (χ3v) is 2.88. The lowest BCUT2D eigenvalue weighted by molar-refractivity contribution is 0.0819. The van der Waals surface area contributed by atoms with Gasteiger partial charge in [-0.2, -0.15) is 0 Å². The number of hydrogen-bond donors (Lipinski definition) is 1. The zero-order chi connectivity index (χ0) is 10.2. The van der Waals surface area contributed by atoms with Gasteiger partial charge >= 0.3 is 0 Å². The Morgan fingerprint density at radius 2 is 2.07 bits per heavy atom. The topological polar surface area (TPSA) is 12.0 Å². The summed E-state index contributed by atoms with van der Waals surface area (Å²) < 4.78 is 27.6. The molecule has 2 atom stereocenters. The molecule has 0 radical (unpaired) electrons. The summed E-state index contributed by atoms with van der Waals surface area (Å²) in [6.45, 7) is 2.25. The Hall–Kier alpha value is -0.960. The molecule has 2 unspecified atom stereocenters. The third kappa shape index (κ3) is 1.42. The van der Waals surface area contributed by atoms with E-state index in [4.69, 9.17) is 0 Å². The Bertz CT molecular complexity index is 332. The van der Waals surface area contributed by atoms with E-state index in [0.717, 1.165) is 13.0 Å². The molecule has 0 saturated carbocycles. The fourth-order valence-corrected chi connectivity index (χ4v) is 1.80. The Morgan fingerprint density at radius 3 is 2.57 bits per heavy atom. The van der Waals surface area contributed by atoms with E-state index in [1.807, 2.05) is 0 Å². The van der Waals surface area contributed by atoms with Crippen LogP contribution in [0.4, 0.5) is 8.78 Å². The quantitative estimate of drug-likeness (QED) is 0.767. The van der Waals surface area contributed by atoms with Gasteiger partial charge in [0.15, 0.2) is 5.67 Å². The van der Waals surface area contributed by atoms with Crippen molar-refractivity contribution >= 4 is 0 Å². The van der Waals surface area contributed by atoms with Crippen molar-refractivity contribution in [2.75, 3.05) is 6.54 Å². The van der Waals surface area contributed by atoms with Gasteiger partial charge in [-0.3, -0.25) is 0 Å². The summed E-state index contributed by atoms with van der Waals surface area (Å²) >= 11 is 0. The molecule has 1 aliphatic heterocycles. The molecule has 76 valence electrons. The van der Waals surface area contributed by atoms with Crippen molar-refractivity contribution in [2.24, 2.45) is 0 Å². The summed E-state index contributed by atoms with van der Waals surface area (Å²) in [5.41, 5.74) is -1.46. The van der Waals surface area contributed by atoms with Gasteiger partial charge in [-0.25, -0.2) is 8.78 Å². The Balaban J connectivity index is 2.32. The van der Waals surface area contributed by atoms with Gasteiger partial charge in [-0.15, -0.1) is 0 Å². The van der Waals surface area contributed by atoms with Crippen molar-refractivity contribution in [1.29, 1.82) is 0 Å². The first-order chi connectivity index (χ1) is 6.62. The van der Waals surface area contributed by atoms with Gasteiger partial charge in [-0.05, 0) is 26.0 Å². The van der Waals surface area contributed by atoms with Crippen LogP contribution in [0.25, 0.3) is 0 Å². The first-order valence-corrected chi connectivity index (χ1v) is 4.79. The maximum atomic E-state index is 14.2. The van der Waals surface area contributed by atoms with Gasteiger partial charge in [0.25, 0.3) is 0 Å². The second-order valence-electron chi connectivity index (χ2n) is 3.85. The molecule has 1 aliphatic rings. The van der Waals surface area contributed by atoms with E-state index < -0.39 is 11.5 Å². The number of benzene rings is 1. The summed E-state index contributed by atoms with van der Waals surface area (Å²) in [4.78, 5) is 0. The Labute approximate surface area is 82.1 Å². The van der Waals surface area contributed by atoms with Crippen LogP contribution in [0.15, 0.2) is 24.3 Å². The molecule has 1 nitrogen and oxygen atoms in total. The van der Waals surface area contributed by atoms with Gasteiger partial charge in [0.05, 0.1) is 0 Å². The van der Waals surface area contributed by atoms with Gasteiger partial charge < -0.3 is 5.32 Å². The zero-order valence-electron chi connectivity index (χ0n) is 8.06. The second kappa shape index (κ2) is 3.31. The van der Waals surface area contributed by atoms with Crippen LogP contribution < -0.4 is 5.32 Å². The van der Waals surface area contributed by atoms with Gasteiger partial charge in [0, 0.05) is 11.6 Å². The van der Waals surface area contributed by atoms with Gasteiger partial charge in [0.1, 0.15) is 5.82 Å². The minimum Gasteiger partial charge on any atom is -0.311 e. The van der Waals surface area contributed by atoms with Crippen molar-refractivity contribution in [3.05, 3.63) is 35.6 Å². The molecular formula is C11H13F2N. The number of rotatable bonds is 2. The summed E-state index contributed by atoms with van der Waals surface area (Å²) in [5, 5.41) is 2.97. The van der Waals surface area contributed by atoms with Crippen LogP contribution in [0.1, 0.15) is 18.9 Å². The van der Waals surface area contributed by atoms with E-state index in [1.54, 1.807) is 12.1 Å². The predicted octanol–water partition coefficient (Wildman–Crippen LogP) is 2.37. The molecule has 1 N–H and O–H groups in total. The molecular weight excluding hydrogens is 184 g/mol. The maximum Gasteiger partial charge on any atom is 0.151 e. The molecule has 1 heterocycles. The average molecular weight is 197 g/mol. The Morgan fingerprint density at radius 1 is 1.43 bits per heavy atom. The second-order valence-corrected chi connectivity index (χ2v) is 3.85. The highest BCUT2D eigenvalue weighted by molar-refractivity contribution is 5.26. The first kappa shape index (κ1) is 9.59. The normalized spacial score (nSPS) is 25.2. The van der Waals surface area contributed by atoms with Crippen LogP contribution in [0, 0.1) is 5.82 Å². The Kier molecular flexibility index (Phi) is 2.27. The van der Waals surface area contributed by atoms with Crippen LogP contribution >= 0.6 is 0 Å². The SMILES string of the molecule is CC(F)(c1ccccc1F)C1CCN1. The molecule has 2 rings (SSSR count). The molecule has 1 aromatic carbocycles. The maximum absolute atomic E-state index is 14.2. The minimum absolute atomic E-state index is 0.150. The van der Waals surface area contributed by atoms with Crippen LogP contribution in [-0.4, -0.2) is 12.6 Å². The molecule has 1 aromatic rings. The standard InChI is InChI=1S/C11H13F2N/c1-11(13,10-6-7-14-10)8-4-2-3-5-9(8)12/h2-5,10,14H,6-7H2,1H3. The first-order valence-electron chi connectivity index (χ1n) is 4.79. The lowest BCUT2D eigenvalue weighted by Gasteiger charge is -2.38. The molecule has 0 amide bonds. The van der Waals surface area contributed by atoms with E-state index >= 15 is 0 Å². The summed E-state index contributed by atoms with van der Waals surface area (Å²) in [5.74, 6) is -0.466. The summed E-state index contributed by atoms with van der Waals surface area (Å²) in [6, 6.07) is 5.79. The number of nitrogens with one attached hydrogen (secondary N) is 1. The molecule has 14 heavy (non-hydrogen) atoms. The van der Waals surface area contributed by atoms with Crippen molar-refractivity contribution in [1.82, 2.24) is 5.32 Å². The highest BCUT2D eigenvalue weighted by Crippen LogP contribution is 2.34. The van der Waals surface area contributed by atoms with Gasteiger partial charge in [0.2, 0.25) is 0 Å². The molecule has 1 saturated heterocycles. The number of alkyl halides is 1. The zero-order valence-corrected chi connectivity index (χ0v) is 8.06. The average Bonchev–Trinajstić information content (AvgIpc) is 2.00. The van der Waals surface area contributed by atoms with E-state index in [0.29, 0.717) is 0 Å². The molecule has 0 aliphatic carbocycles. The fourth-order valence-electron chi connectivity index (χ4n) is 1.80. The summed E-state index contributed by atoms with van der Waals surface area (Å²) in [7, 11) is 0. The number of hydrogen-bond acceptors (Lipinski definition) is 1. The smallest absolute Gasteiger partial charge is 0.151 e. The van der Waals surface area contributed by atoms with Gasteiger partial charge in [-0.1, -0.05) is 18.2 Å². The van der Waals surface area contributed by atoms with Crippen LogP contribution in [0.2, 0.25) is 0 Å². The molecule has 3 heteroatoms. The van der Waals surface area contributed by atoms with Crippen LogP contribution in [0.5, 0.6) is 0 Å². The van der Waals surface area contributed by atoms with Crippen molar-refractivity contribution < 1.29 is 8.78 Å². The van der Waals surface area contributed by atoms with Crippen LogP contribution in [0.3, 0.4) is 0 Å². The monoisotopic (exact) mass is 197 g/mol. The van der Waals surface area contributed by atoms with Crippen molar-refractivity contribution in [2.45, 2.75) is 25.1 Å². The van der Waals surface area contributed by atoms with E-state index in [9.17, 15) is 8.78 Å². The largest absolute Gasteiger partial charge is 0.311 e. The van der Waals surface area contributed by atoms with E-state index in [1.165, 1.54) is 19.1 Å². The highest BCUT2D eigenvalue weighted by Gasteiger charge is 2.41. The summed E-state index contributed by atoms with van der Waals surface area (Å²) in [6.07, 6.45) is 0.765. The predicted molar refractivity (Wildman–Crippen MR) is 51.3 cm³/mol.